The van der Waals surface area contributed by atoms with Crippen molar-refractivity contribution in [3.05, 3.63) is 161 Å². The molecule has 0 amide bonds. The zero-order valence-corrected chi connectivity index (χ0v) is 32.6. The van der Waals surface area contributed by atoms with Crippen molar-refractivity contribution < 1.29 is 25.3 Å². The molecule has 276 valence electrons. The first kappa shape index (κ1) is 35.2. The quantitative estimate of drug-likeness (QED) is 0.160. The van der Waals surface area contributed by atoms with Crippen molar-refractivity contribution in [2.75, 3.05) is 0 Å². The lowest BCUT2D eigenvalue weighted by atomic mass is 9.93. The number of aromatic nitrogens is 2. The van der Waals surface area contributed by atoms with Gasteiger partial charge in [0.05, 0.1) is 31.2 Å². The molecule has 0 radical (unpaired) electrons. The van der Waals surface area contributed by atoms with Gasteiger partial charge in [-0.05, 0) is 86.5 Å². The molecule has 0 unspecified atom stereocenters. The van der Waals surface area contributed by atoms with Gasteiger partial charge in [-0.25, -0.2) is 33.2 Å². The molecular formula is C43H35N3O6S3. The van der Waals surface area contributed by atoms with Gasteiger partial charge in [-0.3, -0.25) is 0 Å². The maximum atomic E-state index is 15.0. The Morgan fingerprint density at radius 2 is 0.982 bits per heavy atom. The molecule has 0 atom stereocenters. The summed E-state index contributed by atoms with van der Waals surface area (Å²) in [5.74, 6) is 0. The van der Waals surface area contributed by atoms with Crippen molar-refractivity contribution in [2.24, 2.45) is 0 Å². The first-order valence-electron chi connectivity index (χ1n) is 17.7. The minimum Gasteiger partial charge on any atom is -0.241 e. The average molecular weight is 786 g/mol. The van der Waals surface area contributed by atoms with E-state index in [0.717, 1.165) is 16.7 Å². The molecule has 0 aliphatic carbocycles. The fourth-order valence-electron chi connectivity index (χ4n) is 7.68. The molecule has 1 aliphatic heterocycles. The highest BCUT2D eigenvalue weighted by Gasteiger charge is 2.37. The molecule has 0 N–H and O–H groups in total. The number of hydrogen-bond donors (Lipinski definition) is 0. The summed E-state index contributed by atoms with van der Waals surface area (Å²) < 4.78 is 91.1. The van der Waals surface area contributed by atoms with Gasteiger partial charge in [-0.1, -0.05) is 89.5 Å². The summed E-state index contributed by atoms with van der Waals surface area (Å²) in [6.45, 7) is 5.63. The summed E-state index contributed by atoms with van der Waals surface area (Å²) in [5.41, 5.74) is 6.14. The van der Waals surface area contributed by atoms with E-state index in [0.29, 0.717) is 55.0 Å². The minimum absolute atomic E-state index is 0.0407. The van der Waals surface area contributed by atoms with E-state index in [1.165, 1.54) is 12.3 Å². The molecule has 0 bridgehead atoms. The third-order valence-corrected chi connectivity index (χ3v) is 15.8. The number of sulfonamides is 1. The van der Waals surface area contributed by atoms with Crippen LogP contribution in [0.1, 0.15) is 27.8 Å². The molecule has 0 saturated carbocycles. The number of aryl methyl sites for hydroxylation is 3. The number of benzene rings is 6. The van der Waals surface area contributed by atoms with E-state index in [1.807, 2.05) is 51.1 Å². The van der Waals surface area contributed by atoms with Crippen molar-refractivity contribution in [1.82, 2.24) is 12.3 Å². The SMILES string of the molecule is Cc1ccc(S(=O)(=O)N2Cc3cc4c5ccccc5n(S(=O)(=O)c5ccc(C)cc5)c4c(-c4cn(S(=O)(=O)c5ccc(C)cc5)c5ccccc45)c3C2)cc1. The molecule has 0 spiro atoms. The van der Waals surface area contributed by atoms with Crippen LogP contribution in [0.15, 0.2) is 148 Å². The normalized spacial score (nSPS) is 13.9. The fourth-order valence-corrected chi connectivity index (χ4v) is 12.0. The van der Waals surface area contributed by atoms with Gasteiger partial charge in [0.1, 0.15) is 0 Å². The molecular weight excluding hydrogens is 751 g/mol. The summed E-state index contributed by atoms with van der Waals surface area (Å²) >= 11 is 0. The Morgan fingerprint density at radius 1 is 0.491 bits per heavy atom. The van der Waals surface area contributed by atoms with Gasteiger partial charge in [0.15, 0.2) is 0 Å². The molecule has 55 heavy (non-hydrogen) atoms. The van der Waals surface area contributed by atoms with Crippen molar-refractivity contribution in [1.29, 1.82) is 0 Å². The van der Waals surface area contributed by atoms with Crippen molar-refractivity contribution in [3.8, 4) is 11.1 Å². The molecule has 8 aromatic rings. The van der Waals surface area contributed by atoms with E-state index < -0.39 is 30.1 Å². The van der Waals surface area contributed by atoms with Crippen LogP contribution in [0, 0.1) is 20.8 Å². The van der Waals surface area contributed by atoms with Gasteiger partial charge in [0, 0.05) is 46.6 Å². The Kier molecular flexibility index (Phi) is 8.00. The fraction of sp³-hybridized carbons (Fsp3) is 0.116. The van der Waals surface area contributed by atoms with E-state index in [9.17, 15) is 25.3 Å². The van der Waals surface area contributed by atoms with Crippen molar-refractivity contribution >= 4 is 62.8 Å². The van der Waals surface area contributed by atoms with Crippen LogP contribution in [0.4, 0.5) is 0 Å². The summed E-state index contributed by atoms with van der Waals surface area (Å²) in [6.07, 6.45) is 1.55. The molecule has 9 rings (SSSR count). The van der Waals surface area contributed by atoms with E-state index >= 15 is 0 Å². The van der Waals surface area contributed by atoms with Crippen LogP contribution in [0.25, 0.3) is 43.8 Å². The monoisotopic (exact) mass is 785 g/mol. The molecule has 9 nitrogen and oxygen atoms in total. The first-order chi connectivity index (χ1) is 26.3. The second-order valence-corrected chi connectivity index (χ2v) is 19.7. The largest absolute Gasteiger partial charge is 0.268 e. The van der Waals surface area contributed by atoms with E-state index in [4.69, 9.17) is 0 Å². The molecule has 2 aromatic heterocycles. The van der Waals surface area contributed by atoms with Gasteiger partial charge in [0.2, 0.25) is 10.0 Å². The smallest absolute Gasteiger partial charge is 0.241 e. The van der Waals surface area contributed by atoms with Gasteiger partial charge in [0.25, 0.3) is 20.0 Å². The molecule has 12 heteroatoms. The van der Waals surface area contributed by atoms with Gasteiger partial charge >= 0.3 is 0 Å². The Hall–Kier alpha value is -5.53. The Labute approximate surface area is 319 Å². The average Bonchev–Trinajstić information content (AvgIpc) is 3.88. The summed E-state index contributed by atoms with van der Waals surface area (Å²) in [4.78, 5) is 0.329. The topological polar surface area (TPSA) is 116 Å². The van der Waals surface area contributed by atoms with Crippen LogP contribution >= 0.6 is 0 Å². The van der Waals surface area contributed by atoms with Crippen molar-refractivity contribution in [2.45, 2.75) is 48.5 Å². The Balaban J connectivity index is 1.39. The molecule has 1 aliphatic rings. The van der Waals surface area contributed by atoms with Gasteiger partial charge in [-0.15, -0.1) is 0 Å². The van der Waals surface area contributed by atoms with Crippen LogP contribution in [0.2, 0.25) is 0 Å². The number of rotatable bonds is 7. The van der Waals surface area contributed by atoms with Crippen LogP contribution in [-0.4, -0.2) is 37.5 Å². The van der Waals surface area contributed by atoms with Gasteiger partial charge < -0.3 is 0 Å². The molecule has 0 saturated heterocycles. The maximum absolute atomic E-state index is 15.0. The highest BCUT2D eigenvalue weighted by atomic mass is 32.2. The van der Waals surface area contributed by atoms with Crippen LogP contribution in [0.5, 0.6) is 0 Å². The number of nitrogens with zero attached hydrogens (tertiary/aromatic N) is 3. The Bertz CT molecular complexity index is 3200. The van der Waals surface area contributed by atoms with E-state index in [1.54, 1.807) is 103 Å². The van der Waals surface area contributed by atoms with Crippen molar-refractivity contribution in [3.63, 3.8) is 0 Å². The van der Waals surface area contributed by atoms with E-state index in [2.05, 4.69) is 0 Å². The molecule has 0 fully saturated rings. The highest BCUT2D eigenvalue weighted by Crippen LogP contribution is 2.47. The molecule has 3 heterocycles. The summed E-state index contributed by atoms with van der Waals surface area (Å²) in [6, 6.07) is 36.2. The summed E-state index contributed by atoms with van der Waals surface area (Å²) in [5, 5.41) is 1.83. The maximum Gasteiger partial charge on any atom is 0.268 e. The lowest BCUT2D eigenvalue weighted by molar-refractivity contribution is 0.432. The lowest BCUT2D eigenvalue weighted by Gasteiger charge is -2.17. The molecule has 6 aromatic carbocycles. The summed E-state index contributed by atoms with van der Waals surface area (Å²) in [7, 11) is -12.4. The predicted molar refractivity (Wildman–Crippen MR) is 216 cm³/mol. The lowest BCUT2D eigenvalue weighted by Crippen LogP contribution is -2.25. The number of para-hydroxylation sites is 2. The number of fused-ring (bicyclic) bond motifs is 5. The predicted octanol–water partition coefficient (Wildman–Crippen LogP) is 8.52. The minimum atomic E-state index is -4.26. The zero-order valence-electron chi connectivity index (χ0n) is 30.1. The highest BCUT2D eigenvalue weighted by molar-refractivity contribution is 7.90. The third-order valence-electron chi connectivity index (χ3n) is 10.5. The van der Waals surface area contributed by atoms with Crippen LogP contribution in [0.3, 0.4) is 0 Å². The standard InChI is InChI=1S/C43H35N3O6S3/c1-28-12-18-32(19-13-28)53(47,48)44-25-31-24-37-35-8-5-7-11-41(35)46(55(51,52)34-22-16-30(3)17-23-34)43(37)42(38(31)26-44)39-27-45(40-10-6-4-9-36(39)40)54(49,50)33-20-14-29(2)15-21-33/h4-24,27H,25-26H2,1-3H3. The number of hydrogen-bond acceptors (Lipinski definition) is 6. The zero-order chi connectivity index (χ0) is 38.4. The third kappa shape index (κ3) is 5.46. The second kappa shape index (κ2) is 12.5. The van der Waals surface area contributed by atoms with E-state index in [-0.39, 0.29) is 27.8 Å². The first-order valence-corrected chi connectivity index (χ1v) is 22.0. The Morgan fingerprint density at radius 3 is 1.56 bits per heavy atom. The second-order valence-electron chi connectivity index (χ2n) is 14.1. The van der Waals surface area contributed by atoms with Crippen LogP contribution in [-0.2, 0) is 43.2 Å². The van der Waals surface area contributed by atoms with Crippen LogP contribution < -0.4 is 0 Å². The van der Waals surface area contributed by atoms with Gasteiger partial charge in [-0.2, -0.15) is 4.31 Å².